The van der Waals surface area contributed by atoms with Gasteiger partial charge < -0.3 is 10.2 Å². The smallest absolute Gasteiger partial charge is 0.317 e. The molecule has 0 spiro atoms. The monoisotopic (exact) mass is 333 g/mol. The Bertz CT molecular complexity index is 537. The molecule has 2 rings (SSSR count). The third-order valence-electron chi connectivity index (χ3n) is 4.61. The number of rotatable bonds is 6. The van der Waals surface area contributed by atoms with E-state index in [1.807, 2.05) is 36.1 Å². The maximum absolute atomic E-state index is 12.2. The van der Waals surface area contributed by atoms with Gasteiger partial charge in [0.25, 0.3) is 0 Å². The minimum Gasteiger partial charge on any atom is -0.334 e. The Kier molecular flexibility index (Phi) is 7.06. The summed E-state index contributed by atoms with van der Waals surface area (Å²) in [6.45, 7) is 4.12. The molecule has 1 saturated heterocycles. The number of benzene rings is 1. The van der Waals surface area contributed by atoms with Crippen LogP contribution in [0.1, 0.15) is 43.2 Å². The van der Waals surface area contributed by atoms with Crippen LogP contribution in [0, 0.1) is 12.8 Å². The zero-order valence-corrected chi connectivity index (χ0v) is 14.3. The number of carbonyl (C=O) groups excluding carboxylic acids is 2. The Labute approximate surface area is 143 Å². The maximum atomic E-state index is 12.2. The Morgan fingerprint density at radius 1 is 1.21 bits per heavy atom. The van der Waals surface area contributed by atoms with Gasteiger partial charge in [-0.15, -0.1) is 0 Å². The lowest BCUT2D eigenvalue weighted by molar-refractivity contribution is -0.129. The Hall–Kier alpha value is -2.08. The molecular formula is C18H27N3O3. The lowest BCUT2D eigenvalue weighted by atomic mass is 9.91. The number of nitrogens with zero attached hydrogens (tertiary/aromatic N) is 1. The highest BCUT2D eigenvalue weighted by Crippen LogP contribution is 2.22. The van der Waals surface area contributed by atoms with E-state index in [1.54, 1.807) is 5.48 Å². The molecule has 3 amide bonds. The largest absolute Gasteiger partial charge is 0.334 e. The summed E-state index contributed by atoms with van der Waals surface area (Å²) in [4.78, 5) is 25.1. The number of amides is 3. The molecule has 1 heterocycles. The highest BCUT2D eigenvalue weighted by atomic mass is 16.5. The first-order valence-corrected chi connectivity index (χ1v) is 8.59. The highest BCUT2D eigenvalue weighted by Gasteiger charge is 2.22. The molecule has 0 aliphatic carbocycles. The van der Waals surface area contributed by atoms with E-state index in [1.165, 1.54) is 5.56 Å². The van der Waals surface area contributed by atoms with E-state index < -0.39 is 0 Å². The van der Waals surface area contributed by atoms with E-state index >= 15 is 0 Å². The van der Waals surface area contributed by atoms with E-state index in [0.717, 1.165) is 44.3 Å². The van der Waals surface area contributed by atoms with E-state index in [0.29, 0.717) is 18.9 Å². The number of hydroxylamine groups is 1. The number of hydrogen-bond donors (Lipinski definition) is 3. The van der Waals surface area contributed by atoms with Crippen LogP contribution in [0.2, 0.25) is 0 Å². The maximum Gasteiger partial charge on any atom is 0.317 e. The number of piperidine rings is 1. The lowest BCUT2D eigenvalue weighted by Gasteiger charge is -2.32. The molecule has 0 aromatic heterocycles. The molecule has 6 nitrogen and oxygen atoms in total. The third kappa shape index (κ3) is 5.85. The van der Waals surface area contributed by atoms with Crippen LogP contribution in [0.5, 0.6) is 0 Å². The highest BCUT2D eigenvalue weighted by molar-refractivity contribution is 5.74. The molecular weight excluding hydrogens is 306 g/mol. The van der Waals surface area contributed by atoms with Gasteiger partial charge in [-0.2, -0.15) is 0 Å². The summed E-state index contributed by atoms with van der Waals surface area (Å²) in [5, 5.41) is 11.4. The molecule has 1 aliphatic rings. The number of urea groups is 1. The van der Waals surface area contributed by atoms with Gasteiger partial charge in [0.05, 0.1) is 0 Å². The Balaban J connectivity index is 1.65. The molecule has 24 heavy (non-hydrogen) atoms. The van der Waals surface area contributed by atoms with Crippen molar-refractivity contribution in [2.24, 2.45) is 5.92 Å². The van der Waals surface area contributed by atoms with Crippen LogP contribution in [0.15, 0.2) is 24.3 Å². The minimum absolute atomic E-state index is 0.00585. The second-order valence-corrected chi connectivity index (χ2v) is 6.50. The molecule has 1 aliphatic heterocycles. The summed E-state index contributed by atoms with van der Waals surface area (Å²) in [6.07, 6.45) is 4.04. The van der Waals surface area contributed by atoms with Gasteiger partial charge in [0.1, 0.15) is 0 Å². The van der Waals surface area contributed by atoms with Crippen molar-refractivity contribution in [1.29, 1.82) is 0 Å². The van der Waals surface area contributed by atoms with Gasteiger partial charge in [0.15, 0.2) is 0 Å². The van der Waals surface area contributed by atoms with Crippen LogP contribution in [-0.2, 0) is 11.3 Å². The van der Waals surface area contributed by atoms with Crippen molar-refractivity contribution < 1.29 is 14.8 Å². The molecule has 0 atom stereocenters. The molecule has 1 aromatic carbocycles. The average molecular weight is 333 g/mol. The second kappa shape index (κ2) is 9.27. The van der Waals surface area contributed by atoms with Crippen molar-refractivity contribution in [3.63, 3.8) is 0 Å². The van der Waals surface area contributed by atoms with Crippen molar-refractivity contribution in [3.05, 3.63) is 35.4 Å². The quantitative estimate of drug-likeness (QED) is 0.553. The Morgan fingerprint density at radius 3 is 2.50 bits per heavy atom. The predicted molar refractivity (Wildman–Crippen MR) is 91.5 cm³/mol. The molecule has 1 aromatic rings. The predicted octanol–water partition coefficient (Wildman–Crippen LogP) is 2.59. The minimum atomic E-state index is -0.331. The molecule has 0 bridgehead atoms. The molecule has 0 saturated carbocycles. The van der Waals surface area contributed by atoms with Crippen molar-refractivity contribution in [1.82, 2.24) is 15.7 Å². The normalized spacial score (nSPS) is 15.2. The van der Waals surface area contributed by atoms with Gasteiger partial charge in [0, 0.05) is 26.1 Å². The van der Waals surface area contributed by atoms with Crippen molar-refractivity contribution >= 4 is 11.9 Å². The van der Waals surface area contributed by atoms with Crippen molar-refractivity contribution in [2.75, 3.05) is 13.1 Å². The lowest BCUT2D eigenvalue weighted by Crippen LogP contribution is -2.44. The summed E-state index contributed by atoms with van der Waals surface area (Å²) in [5.74, 6) is 0.223. The summed E-state index contributed by atoms with van der Waals surface area (Å²) in [5.41, 5.74) is 3.97. The SMILES string of the molecule is Cc1ccc(CNC(=O)N2CCC(CCCC(=O)NO)CC2)cc1. The first-order chi connectivity index (χ1) is 11.6. The van der Waals surface area contributed by atoms with Crippen molar-refractivity contribution in [2.45, 2.75) is 45.6 Å². The van der Waals surface area contributed by atoms with Gasteiger partial charge >= 0.3 is 6.03 Å². The molecule has 0 radical (unpaired) electrons. The van der Waals surface area contributed by atoms with Crippen LogP contribution in [0.4, 0.5) is 4.79 Å². The summed E-state index contributed by atoms with van der Waals surface area (Å²) in [7, 11) is 0. The van der Waals surface area contributed by atoms with E-state index in [9.17, 15) is 9.59 Å². The van der Waals surface area contributed by atoms with Crippen LogP contribution < -0.4 is 10.8 Å². The van der Waals surface area contributed by atoms with Gasteiger partial charge in [-0.3, -0.25) is 10.0 Å². The van der Waals surface area contributed by atoms with E-state index in [-0.39, 0.29) is 11.9 Å². The van der Waals surface area contributed by atoms with Gasteiger partial charge in [-0.25, -0.2) is 10.3 Å². The molecule has 132 valence electrons. The standard InChI is InChI=1S/C18H27N3O3/c1-14-5-7-16(8-6-14)13-19-18(23)21-11-9-15(10-12-21)3-2-4-17(22)20-24/h5-8,15,24H,2-4,9-13H2,1H3,(H,19,23)(H,20,22). The first kappa shape index (κ1) is 18.3. The molecule has 0 unspecified atom stereocenters. The van der Waals surface area contributed by atoms with Crippen LogP contribution >= 0.6 is 0 Å². The number of aryl methyl sites for hydroxylation is 1. The molecule has 3 N–H and O–H groups in total. The fourth-order valence-electron chi connectivity index (χ4n) is 3.03. The molecule has 1 fully saturated rings. The number of likely N-dealkylation sites (tertiary alicyclic amines) is 1. The van der Waals surface area contributed by atoms with E-state index in [2.05, 4.69) is 5.32 Å². The number of carbonyl (C=O) groups is 2. The number of hydrogen-bond acceptors (Lipinski definition) is 3. The fraction of sp³-hybridized carbons (Fsp3) is 0.556. The summed E-state index contributed by atoms with van der Waals surface area (Å²) in [6, 6.07) is 8.15. The number of nitrogens with one attached hydrogen (secondary N) is 2. The Morgan fingerprint density at radius 2 is 1.88 bits per heavy atom. The first-order valence-electron chi connectivity index (χ1n) is 8.59. The topological polar surface area (TPSA) is 81.7 Å². The van der Waals surface area contributed by atoms with Gasteiger partial charge in [-0.05, 0) is 44.1 Å². The van der Waals surface area contributed by atoms with Crippen LogP contribution in [0.3, 0.4) is 0 Å². The van der Waals surface area contributed by atoms with Gasteiger partial charge in [-0.1, -0.05) is 29.8 Å². The van der Waals surface area contributed by atoms with Crippen LogP contribution in [0.25, 0.3) is 0 Å². The van der Waals surface area contributed by atoms with Gasteiger partial charge in [0.2, 0.25) is 5.91 Å². The second-order valence-electron chi connectivity index (χ2n) is 6.50. The zero-order chi connectivity index (χ0) is 17.4. The molecule has 6 heteroatoms. The van der Waals surface area contributed by atoms with Crippen molar-refractivity contribution in [3.8, 4) is 0 Å². The zero-order valence-electron chi connectivity index (χ0n) is 14.3. The summed E-state index contributed by atoms with van der Waals surface area (Å²) < 4.78 is 0. The average Bonchev–Trinajstić information content (AvgIpc) is 2.61. The summed E-state index contributed by atoms with van der Waals surface area (Å²) >= 11 is 0. The van der Waals surface area contributed by atoms with E-state index in [4.69, 9.17) is 5.21 Å². The fourth-order valence-corrected chi connectivity index (χ4v) is 3.03. The van der Waals surface area contributed by atoms with Crippen LogP contribution in [-0.4, -0.2) is 35.1 Å². The third-order valence-corrected chi connectivity index (χ3v) is 4.61.